The maximum Gasteiger partial charge on any atom is 0.279 e. The van der Waals surface area contributed by atoms with Crippen molar-refractivity contribution in [2.75, 3.05) is 0 Å². The van der Waals surface area contributed by atoms with Gasteiger partial charge in [0.25, 0.3) is 5.91 Å². The Morgan fingerprint density at radius 3 is 2.64 bits per heavy atom. The topological polar surface area (TPSA) is 67.4 Å². The van der Waals surface area contributed by atoms with Gasteiger partial charge in [-0.25, -0.2) is 4.39 Å². The van der Waals surface area contributed by atoms with Gasteiger partial charge in [0, 0.05) is 6.42 Å². The number of carbonyl (C=O) groups excluding carboxylic acids is 2. The molecule has 1 aromatic carbocycles. The fraction of sp³-hybridized carbons (Fsp3) is 0.500. The van der Waals surface area contributed by atoms with E-state index in [0.29, 0.717) is 12.3 Å². The van der Waals surface area contributed by atoms with Crippen molar-refractivity contribution < 1.29 is 18.7 Å². The lowest BCUT2D eigenvalue weighted by Gasteiger charge is -2.16. The lowest BCUT2D eigenvalue weighted by molar-refractivity contribution is -0.133. The summed E-state index contributed by atoms with van der Waals surface area (Å²) in [7, 11) is 0. The molecule has 0 saturated heterocycles. The van der Waals surface area contributed by atoms with E-state index in [1.807, 2.05) is 0 Å². The van der Waals surface area contributed by atoms with Crippen LogP contribution in [0, 0.1) is 11.7 Å². The summed E-state index contributed by atoms with van der Waals surface area (Å²) in [4.78, 5) is 23.5. The number of carbonyl (C=O) groups is 2. The Kier molecular flexibility index (Phi) is 5.75. The third-order valence-corrected chi connectivity index (χ3v) is 3.78. The first-order valence-corrected chi connectivity index (χ1v) is 7.56. The fourth-order valence-electron chi connectivity index (χ4n) is 2.54. The average molecular weight is 308 g/mol. The van der Waals surface area contributed by atoms with E-state index in [0.717, 1.165) is 25.7 Å². The number of halogens is 1. The molecule has 2 N–H and O–H groups in total. The van der Waals surface area contributed by atoms with E-state index in [4.69, 9.17) is 4.74 Å². The molecule has 1 aliphatic carbocycles. The van der Waals surface area contributed by atoms with E-state index in [1.165, 1.54) is 25.1 Å². The van der Waals surface area contributed by atoms with Crippen molar-refractivity contribution in [3.05, 3.63) is 30.1 Å². The molecule has 0 aromatic heterocycles. The van der Waals surface area contributed by atoms with Crippen LogP contribution in [0.15, 0.2) is 24.3 Å². The van der Waals surface area contributed by atoms with Crippen LogP contribution in [0.4, 0.5) is 4.39 Å². The minimum Gasteiger partial charge on any atom is -0.478 e. The molecule has 0 aliphatic heterocycles. The van der Waals surface area contributed by atoms with Crippen molar-refractivity contribution in [2.45, 2.75) is 45.1 Å². The van der Waals surface area contributed by atoms with Crippen LogP contribution < -0.4 is 15.6 Å². The predicted octanol–water partition coefficient (Wildman–Crippen LogP) is 2.32. The highest BCUT2D eigenvalue weighted by atomic mass is 19.1. The summed E-state index contributed by atoms with van der Waals surface area (Å²) in [5.74, 6) is -0.861. The average Bonchev–Trinajstić information content (AvgIpc) is 3.00. The van der Waals surface area contributed by atoms with Gasteiger partial charge in [0.1, 0.15) is 0 Å². The molecule has 22 heavy (non-hydrogen) atoms. The second-order valence-corrected chi connectivity index (χ2v) is 5.58. The van der Waals surface area contributed by atoms with Crippen molar-refractivity contribution in [2.24, 2.45) is 5.92 Å². The number of hydrogen-bond donors (Lipinski definition) is 2. The molecule has 0 bridgehead atoms. The monoisotopic (exact) mass is 308 g/mol. The lowest BCUT2D eigenvalue weighted by Crippen LogP contribution is -2.47. The third-order valence-electron chi connectivity index (χ3n) is 3.78. The molecular formula is C16H21FN2O3. The summed E-state index contributed by atoms with van der Waals surface area (Å²) >= 11 is 0. The molecule has 0 spiro atoms. The van der Waals surface area contributed by atoms with Crippen LogP contribution in [0.1, 0.15) is 39.0 Å². The maximum atomic E-state index is 13.4. The van der Waals surface area contributed by atoms with Gasteiger partial charge in [-0.05, 0) is 37.8 Å². The van der Waals surface area contributed by atoms with Crippen molar-refractivity contribution >= 4 is 11.8 Å². The second-order valence-electron chi connectivity index (χ2n) is 5.58. The number of ether oxygens (including phenoxy) is 1. The number of hydrazine groups is 1. The summed E-state index contributed by atoms with van der Waals surface area (Å²) < 4.78 is 18.7. The van der Waals surface area contributed by atoms with Crippen LogP contribution in [0.5, 0.6) is 5.75 Å². The largest absolute Gasteiger partial charge is 0.478 e. The lowest BCUT2D eigenvalue weighted by atomic mass is 10.0. The van der Waals surface area contributed by atoms with Crippen LogP contribution >= 0.6 is 0 Å². The zero-order valence-corrected chi connectivity index (χ0v) is 12.6. The van der Waals surface area contributed by atoms with E-state index < -0.39 is 17.8 Å². The van der Waals surface area contributed by atoms with Gasteiger partial charge in [-0.2, -0.15) is 0 Å². The highest BCUT2D eigenvalue weighted by Crippen LogP contribution is 2.27. The third kappa shape index (κ3) is 4.72. The van der Waals surface area contributed by atoms with Gasteiger partial charge in [0.05, 0.1) is 0 Å². The number of amides is 2. The Bertz CT molecular complexity index is 530. The van der Waals surface area contributed by atoms with Gasteiger partial charge in [-0.1, -0.05) is 25.0 Å². The number of para-hydroxylation sites is 1. The van der Waals surface area contributed by atoms with Gasteiger partial charge in [0.2, 0.25) is 5.91 Å². The van der Waals surface area contributed by atoms with Gasteiger partial charge in [0.15, 0.2) is 17.7 Å². The van der Waals surface area contributed by atoms with Crippen molar-refractivity contribution in [3.63, 3.8) is 0 Å². The van der Waals surface area contributed by atoms with Crippen molar-refractivity contribution in [1.29, 1.82) is 0 Å². The second kappa shape index (κ2) is 7.77. The Morgan fingerprint density at radius 2 is 1.95 bits per heavy atom. The van der Waals surface area contributed by atoms with E-state index >= 15 is 0 Å². The minimum absolute atomic E-state index is 0.00225. The smallest absolute Gasteiger partial charge is 0.279 e. The summed E-state index contributed by atoms with van der Waals surface area (Å²) in [5.41, 5.74) is 4.69. The molecule has 0 radical (unpaired) electrons. The Labute approximate surface area is 129 Å². The summed E-state index contributed by atoms with van der Waals surface area (Å²) in [6, 6.07) is 5.85. The maximum absolute atomic E-state index is 13.4. The van der Waals surface area contributed by atoms with Crippen LogP contribution in [0.2, 0.25) is 0 Å². The van der Waals surface area contributed by atoms with Gasteiger partial charge >= 0.3 is 0 Å². The first-order chi connectivity index (χ1) is 10.6. The normalized spacial score (nSPS) is 16.1. The molecule has 120 valence electrons. The summed E-state index contributed by atoms with van der Waals surface area (Å²) in [6.07, 6.45) is 3.96. The summed E-state index contributed by atoms with van der Waals surface area (Å²) in [5, 5.41) is 0. The quantitative estimate of drug-likeness (QED) is 0.820. The van der Waals surface area contributed by atoms with Crippen LogP contribution in [-0.4, -0.2) is 17.9 Å². The first kappa shape index (κ1) is 16.3. The van der Waals surface area contributed by atoms with Gasteiger partial charge in [-0.15, -0.1) is 0 Å². The number of rotatable bonds is 5. The van der Waals surface area contributed by atoms with E-state index in [9.17, 15) is 14.0 Å². The molecule has 6 heteroatoms. The molecule has 2 amide bonds. The molecule has 1 unspecified atom stereocenters. The Morgan fingerprint density at radius 1 is 1.27 bits per heavy atom. The highest BCUT2D eigenvalue weighted by Gasteiger charge is 2.20. The fourth-order valence-corrected chi connectivity index (χ4v) is 2.54. The molecular weight excluding hydrogens is 287 g/mol. The van der Waals surface area contributed by atoms with Crippen LogP contribution in [-0.2, 0) is 9.59 Å². The SMILES string of the molecule is CC(Oc1ccccc1F)C(=O)NNC(=O)CC1CCCC1. The zero-order chi connectivity index (χ0) is 15.9. The van der Waals surface area contributed by atoms with Crippen molar-refractivity contribution in [3.8, 4) is 5.75 Å². The molecule has 1 atom stereocenters. The van der Waals surface area contributed by atoms with Crippen molar-refractivity contribution in [1.82, 2.24) is 10.9 Å². The molecule has 1 aromatic rings. The molecule has 1 aliphatic rings. The number of hydrogen-bond acceptors (Lipinski definition) is 3. The number of benzene rings is 1. The zero-order valence-electron chi connectivity index (χ0n) is 12.6. The Hall–Kier alpha value is -2.11. The van der Waals surface area contributed by atoms with E-state index in [2.05, 4.69) is 10.9 Å². The standard InChI is InChI=1S/C16H21FN2O3/c1-11(22-14-9-5-4-8-13(14)17)16(21)19-18-15(20)10-12-6-2-3-7-12/h4-5,8-9,11-12H,2-3,6-7,10H2,1H3,(H,18,20)(H,19,21). The predicted molar refractivity (Wildman–Crippen MR) is 79.4 cm³/mol. The van der Waals surface area contributed by atoms with Crippen LogP contribution in [0.25, 0.3) is 0 Å². The molecule has 1 saturated carbocycles. The Balaban J connectivity index is 1.74. The summed E-state index contributed by atoms with van der Waals surface area (Å²) in [6.45, 7) is 1.49. The van der Waals surface area contributed by atoms with Gasteiger partial charge < -0.3 is 4.74 Å². The molecule has 2 rings (SSSR count). The van der Waals surface area contributed by atoms with Gasteiger partial charge in [-0.3, -0.25) is 20.4 Å². The molecule has 0 heterocycles. The van der Waals surface area contributed by atoms with E-state index in [1.54, 1.807) is 6.07 Å². The first-order valence-electron chi connectivity index (χ1n) is 7.56. The molecule has 1 fully saturated rings. The van der Waals surface area contributed by atoms with Crippen LogP contribution in [0.3, 0.4) is 0 Å². The minimum atomic E-state index is -0.913. The van der Waals surface area contributed by atoms with E-state index in [-0.39, 0.29) is 11.7 Å². The molecule has 5 nitrogen and oxygen atoms in total. The number of nitrogens with one attached hydrogen (secondary N) is 2. The highest BCUT2D eigenvalue weighted by molar-refractivity contribution is 5.84.